The number of halogens is 1. The molecule has 44 heavy (non-hydrogen) atoms. The number of aromatic nitrogens is 4. The average molecular weight is 753 g/mol. The number of hydrogen-bond acceptors (Lipinski definition) is 4. The van der Waals surface area contributed by atoms with Gasteiger partial charge in [-0.15, -0.1) is 54.1 Å². The number of aryl methyl sites for hydroxylation is 2. The van der Waals surface area contributed by atoms with Crippen LogP contribution in [0.15, 0.2) is 120 Å². The smallest absolute Gasteiger partial charge is 0.126 e. The van der Waals surface area contributed by atoms with Crippen molar-refractivity contribution in [1.82, 2.24) is 19.5 Å². The van der Waals surface area contributed by atoms with E-state index in [2.05, 4.69) is 26.7 Å². The van der Waals surface area contributed by atoms with Crippen molar-refractivity contribution < 1.29 is 28.9 Å². The van der Waals surface area contributed by atoms with Crippen molar-refractivity contribution in [2.75, 3.05) is 0 Å². The zero-order valence-electron chi connectivity index (χ0n) is 23.9. The molecule has 8 rings (SSSR count). The first kappa shape index (κ1) is 29.1. The van der Waals surface area contributed by atoms with Gasteiger partial charge < -0.3 is 14.0 Å². The van der Waals surface area contributed by atoms with Crippen molar-refractivity contribution in [3.63, 3.8) is 0 Å². The van der Waals surface area contributed by atoms with Crippen LogP contribution in [0.1, 0.15) is 11.4 Å². The van der Waals surface area contributed by atoms with E-state index < -0.39 is 0 Å². The molecule has 0 aliphatic heterocycles. The molecule has 4 aromatic carbocycles. The van der Waals surface area contributed by atoms with E-state index in [0.717, 1.165) is 55.7 Å². The van der Waals surface area contributed by atoms with Gasteiger partial charge in [0, 0.05) is 49.1 Å². The second kappa shape index (κ2) is 12.3. The topological polar surface area (TPSA) is 56.7 Å². The van der Waals surface area contributed by atoms with Crippen LogP contribution in [0.4, 0.5) is 4.39 Å². The number of nitrogens with zero attached hydrogens (tertiary/aromatic N) is 4. The third-order valence-electron chi connectivity index (χ3n) is 7.22. The van der Waals surface area contributed by atoms with Crippen LogP contribution in [-0.4, -0.2) is 19.5 Å². The van der Waals surface area contributed by atoms with Crippen molar-refractivity contribution in [1.29, 1.82) is 0 Å². The Morgan fingerprint density at radius 3 is 2.36 bits per heavy atom. The first-order chi connectivity index (χ1) is 21.1. The monoisotopic (exact) mass is 753 g/mol. The average Bonchev–Trinajstić information content (AvgIpc) is 3.61. The number of fused-ring (bicyclic) bond motifs is 4. The maximum absolute atomic E-state index is 13.8. The molecule has 4 aromatic heterocycles. The van der Waals surface area contributed by atoms with Gasteiger partial charge in [-0.2, -0.15) is 0 Å². The van der Waals surface area contributed by atoms with Crippen molar-refractivity contribution in [3.8, 4) is 28.3 Å². The van der Waals surface area contributed by atoms with Crippen LogP contribution >= 0.6 is 0 Å². The second-order valence-electron chi connectivity index (χ2n) is 10.2. The number of para-hydroxylation sites is 1. The summed E-state index contributed by atoms with van der Waals surface area (Å²) in [5, 5.41) is 1.77. The number of hydrogen-bond donors (Lipinski definition) is 0. The Bertz CT molecular complexity index is 2170. The van der Waals surface area contributed by atoms with Crippen LogP contribution in [0.3, 0.4) is 0 Å². The van der Waals surface area contributed by atoms with Crippen LogP contribution in [0.25, 0.3) is 61.3 Å². The largest absolute Gasteiger partial charge is 0.500 e. The molecule has 0 spiro atoms. The van der Waals surface area contributed by atoms with Crippen molar-refractivity contribution in [3.05, 3.63) is 145 Å². The van der Waals surface area contributed by atoms with Gasteiger partial charge in [0.2, 0.25) is 0 Å². The van der Waals surface area contributed by atoms with E-state index >= 15 is 0 Å². The first-order valence-electron chi connectivity index (χ1n) is 13.9. The zero-order chi connectivity index (χ0) is 29.3. The van der Waals surface area contributed by atoms with Gasteiger partial charge in [0.25, 0.3) is 0 Å². The molecule has 5 nitrogen and oxygen atoms in total. The molecule has 7 heteroatoms. The summed E-state index contributed by atoms with van der Waals surface area (Å²) in [6.45, 7) is 3.96. The molecule has 0 bridgehead atoms. The number of imidazole rings is 1. The number of rotatable bonds is 3. The quantitative estimate of drug-likeness (QED) is 0.169. The van der Waals surface area contributed by atoms with Crippen LogP contribution in [0.5, 0.6) is 0 Å². The van der Waals surface area contributed by atoms with Crippen LogP contribution in [0.2, 0.25) is 0 Å². The number of benzene rings is 4. The van der Waals surface area contributed by atoms with E-state index in [1.54, 1.807) is 12.3 Å². The molecule has 0 amide bonds. The second-order valence-corrected chi connectivity index (χ2v) is 10.2. The Labute approximate surface area is 267 Å². The van der Waals surface area contributed by atoms with E-state index in [1.807, 2.05) is 105 Å². The molecule has 0 atom stereocenters. The van der Waals surface area contributed by atoms with Gasteiger partial charge in [0.1, 0.15) is 11.4 Å². The molecule has 0 saturated heterocycles. The van der Waals surface area contributed by atoms with E-state index in [-0.39, 0.29) is 25.9 Å². The molecule has 0 aliphatic rings. The Morgan fingerprint density at radius 2 is 1.59 bits per heavy atom. The van der Waals surface area contributed by atoms with Crippen LogP contribution in [-0.2, 0) is 20.1 Å². The normalized spacial score (nSPS) is 10.9. The molecule has 0 unspecified atom stereocenters. The Kier molecular flexibility index (Phi) is 8.16. The summed E-state index contributed by atoms with van der Waals surface area (Å²) in [4.78, 5) is 13.9. The van der Waals surface area contributed by atoms with Gasteiger partial charge in [0.05, 0.1) is 28.1 Å². The molecular weight excluding hydrogens is 728 g/mol. The van der Waals surface area contributed by atoms with Crippen LogP contribution in [0, 0.1) is 31.8 Å². The van der Waals surface area contributed by atoms with Crippen molar-refractivity contribution in [2.24, 2.45) is 0 Å². The minimum Gasteiger partial charge on any atom is -0.500 e. The summed E-state index contributed by atoms with van der Waals surface area (Å²) < 4.78 is 22.0. The van der Waals surface area contributed by atoms with Crippen molar-refractivity contribution in [2.45, 2.75) is 13.8 Å². The van der Waals surface area contributed by atoms with Gasteiger partial charge in [-0.05, 0) is 55.9 Å². The summed E-state index contributed by atoms with van der Waals surface area (Å²) >= 11 is 0. The van der Waals surface area contributed by atoms with Gasteiger partial charge in [-0.1, -0.05) is 41.3 Å². The summed E-state index contributed by atoms with van der Waals surface area (Å²) in [5.41, 5.74) is 8.47. The van der Waals surface area contributed by atoms with Gasteiger partial charge >= 0.3 is 0 Å². The molecule has 0 aliphatic carbocycles. The maximum atomic E-state index is 13.8. The van der Waals surface area contributed by atoms with Crippen molar-refractivity contribution >= 4 is 33.0 Å². The predicted molar refractivity (Wildman–Crippen MR) is 168 cm³/mol. The molecule has 4 heterocycles. The first-order valence-corrected chi connectivity index (χ1v) is 13.9. The van der Waals surface area contributed by atoms with E-state index in [1.165, 1.54) is 12.1 Å². The van der Waals surface area contributed by atoms with Crippen LogP contribution < -0.4 is 0 Å². The molecule has 217 valence electrons. The molecule has 1 radical (unpaired) electrons. The van der Waals surface area contributed by atoms with Gasteiger partial charge in [-0.3, -0.25) is 9.97 Å². The third-order valence-corrected chi connectivity index (χ3v) is 7.22. The minimum atomic E-state index is -0.328. The number of furan rings is 1. The maximum Gasteiger partial charge on any atom is 0.126 e. The molecule has 0 N–H and O–H groups in total. The Balaban J connectivity index is 0.000000222. The SMILES string of the molecule is Cc1cc2nc(-c3[c-]ccc4c3oc3cc(F)ccc34)n(-c3ccccc3)c2c(C)n1.[Ir].[c-]1ccccc1-c1ccccn1. The fraction of sp³-hybridized carbons (Fsp3) is 0.0541. The molecule has 0 saturated carbocycles. The van der Waals surface area contributed by atoms with E-state index in [9.17, 15) is 4.39 Å². The van der Waals surface area contributed by atoms with E-state index in [4.69, 9.17) is 9.40 Å². The predicted octanol–water partition coefficient (Wildman–Crippen LogP) is 9.09. The summed E-state index contributed by atoms with van der Waals surface area (Å²) in [6.07, 6.45) is 1.79. The fourth-order valence-corrected chi connectivity index (χ4v) is 5.39. The third kappa shape index (κ3) is 5.44. The molecule has 8 aromatic rings. The molecule has 0 fully saturated rings. The van der Waals surface area contributed by atoms with Gasteiger partial charge in [-0.25, -0.2) is 4.39 Å². The standard InChI is InChI=1S/C26H17FN3O.C11H8N.Ir/c1-15-13-22-24(16(2)28-15)30(18-7-4-3-5-8-18)26(29-22)21-10-6-9-20-19-12-11-17(27)14-23(19)31-25(20)21;1-2-6-10(7-3-1)11-8-4-5-9-12-11;/h3-9,11-14H,1-2H3;1-6,8-9H;/q2*-1;. The molecular formula is C37H25FIrN4O-2. The minimum absolute atomic E-state index is 0. The zero-order valence-corrected chi connectivity index (χ0v) is 26.3. The summed E-state index contributed by atoms with van der Waals surface area (Å²) in [5.74, 6) is 0.382. The summed E-state index contributed by atoms with van der Waals surface area (Å²) in [6, 6.07) is 40.6. The Morgan fingerprint density at radius 1 is 0.773 bits per heavy atom. The Hall–Kier alpha value is -4.97. The summed E-state index contributed by atoms with van der Waals surface area (Å²) in [7, 11) is 0. The van der Waals surface area contributed by atoms with Gasteiger partial charge in [0.15, 0.2) is 0 Å². The fourth-order valence-electron chi connectivity index (χ4n) is 5.39. The number of pyridine rings is 2. The van der Waals surface area contributed by atoms with E-state index in [0.29, 0.717) is 17.0 Å².